The van der Waals surface area contributed by atoms with Gasteiger partial charge >= 0.3 is 0 Å². The number of ether oxygens (including phenoxy) is 3. The maximum Gasteiger partial charge on any atom is 0.227 e. The summed E-state index contributed by atoms with van der Waals surface area (Å²) in [6, 6.07) is 8.57. The summed E-state index contributed by atoms with van der Waals surface area (Å²) in [6.07, 6.45) is 0.281. The number of aliphatic hydroxyl groups excluding tert-OH is 1. The van der Waals surface area contributed by atoms with Gasteiger partial charge in [0.25, 0.3) is 0 Å². The van der Waals surface area contributed by atoms with Gasteiger partial charge < -0.3 is 30.0 Å². The first-order valence-corrected chi connectivity index (χ1v) is 12.6. The fourth-order valence-electron chi connectivity index (χ4n) is 5.32. The second kappa shape index (κ2) is 11.1. The highest BCUT2D eigenvalue weighted by molar-refractivity contribution is 5.92. The maximum atomic E-state index is 13.9. The van der Waals surface area contributed by atoms with E-state index in [0.717, 1.165) is 23.8 Å². The molecule has 0 spiro atoms. The molecule has 0 bridgehead atoms. The molecular weight excluding hydrogens is 486 g/mol. The molecule has 3 aliphatic rings. The van der Waals surface area contributed by atoms with Crippen LogP contribution in [0.25, 0.3) is 0 Å². The quantitative estimate of drug-likeness (QED) is 0.523. The topological polar surface area (TPSA) is 106 Å². The van der Waals surface area contributed by atoms with Crippen LogP contribution < -0.4 is 15.4 Å². The van der Waals surface area contributed by atoms with E-state index in [0.29, 0.717) is 43.9 Å². The van der Waals surface area contributed by atoms with Gasteiger partial charge in [0.2, 0.25) is 11.8 Å². The molecule has 5 rings (SSSR count). The molecule has 37 heavy (non-hydrogen) atoms. The Kier molecular flexibility index (Phi) is 7.68. The molecule has 198 valence electrons. The van der Waals surface area contributed by atoms with E-state index < -0.39 is 29.9 Å². The number of halogens is 2. The molecule has 2 amide bonds. The van der Waals surface area contributed by atoms with Gasteiger partial charge in [-0.25, -0.2) is 8.78 Å². The van der Waals surface area contributed by atoms with Crippen molar-refractivity contribution in [1.29, 1.82) is 0 Å². The Balaban J connectivity index is 1.24. The second-order valence-corrected chi connectivity index (χ2v) is 9.75. The van der Waals surface area contributed by atoms with Gasteiger partial charge in [-0.05, 0) is 55.7 Å². The average Bonchev–Trinajstić information content (AvgIpc) is 3.27. The van der Waals surface area contributed by atoms with Crippen LogP contribution in [0.3, 0.4) is 0 Å². The number of carbonyl (C=O) groups is 2. The molecule has 0 radical (unpaired) electrons. The molecule has 0 saturated carbocycles. The molecule has 0 aliphatic carbocycles. The van der Waals surface area contributed by atoms with Crippen LogP contribution >= 0.6 is 0 Å². The first-order chi connectivity index (χ1) is 17.9. The Labute approximate surface area is 213 Å². The summed E-state index contributed by atoms with van der Waals surface area (Å²) in [5.74, 6) is -1.16. The van der Waals surface area contributed by atoms with Crippen molar-refractivity contribution in [2.45, 2.75) is 56.5 Å². The zero-order valence-corrected chi connectivity index (χ0v) is 20.3. The Morgan fingerprint density at radius 3 is 2.68 bits per heavy atom. The predicted octanol–water partition coefficient (Wildman–Crippen LogP) is 3.03. The number of hydrogen-bond donors (Lipinski definition) is 3. The number of anilines is 1. The highest BCUT2D eigenvalue weighted by Crippen LogP contribution is 2.47. The minimum absolute atomic E-state index is 0.00777. The number of fused-ring (bicyclic) bond motifs is 3. The van der Waals surface area contributed by atoms with Crippen molar-refractivity contribution in [3.05, 3.63) is 59.2 Å². The van der Waals surface area contributed by atoms with Crippen molar-refractivity contribution in [3.63, 3.8) is 0 Å². The smallest absolute Gasteiger partial charge is 0.227 e. The summed E-state index contributed by atoms with van der Waals surface area (Å²) in [5.41, 5.74) is 1.61. The zero-order chi connectivity index (χ0) is 25.9. The number of hydrogen-bond acceptors (Lipinski definition) is 6. The third-order valence-electron chi connectivity index (χ3n) is 7.26. The van der Waals surface area contributed by atoms with Gasteiger partial charge in [-0.2, -0.15) is 0 Å². The first-order valence-electron chi connectivity index (χ1n) is 12.6. The minimum Gasteiger partial charge on any atom is -0.487 e. The van der Waals surface area contributed by atoms with Crippen molar-refractivity contribution in [3.8, 4) is 5.75 Å². The van der Waals surface area contributed by atoms with Crippen LogP contribution in [-0.2, 0) is 25.6 Å². The van der Waals surface area contributed by atoms with E-state index in [1.54, 1.807) is 12.1 Å². The number of amides is 2. The molecule has 2 fully saturated rings. The zero-order valence-electron chi connectivity index (χ0n) is 20.3. The van der Waals surface area contributed by atoms with Crippen LogP contribution in [0.1, 0.15) is 42.7 Å². The Morgan fingerprint density at radius 1 is 1.08 bits per heavy atom. The van der Waals surface area contributed by atoms with Crippen molar-refractivity contribution in [2.24, 2.45) is 5.92 Å². The fourth-order valence-corrected chi connectivity index (χ4v) is 5.32. The molecule has 8 nitrogen and oxygen atoms in total. The SMILES string of the molecule is O=C(C[C@H]1C[C@@H]2c3cc(NC(=O)C4CCOCC4)ccc3O[C@@H]2[C@H](CO)O1)NCc1cc(F)ccc1F. The highest BCUT2D eigenvalue weighted by Gasteiger charge is 2.46. The summed E-state index contributed by atoms with van der Waals surface area (Å²) in [6.45, 7) is 0.727. The van der Waals surface area contributed by atoms with E-state index in [4.69, 9.17) is 14.2 Å². The highest BCUT2D eigenvalue weighted by atomic mass is 19.1. The molecule has 10 heteroatoms. The number of benzene rings is 2. The summed E-state index contributed by atoms with van der Waals surface area (Å²) < 4.78 is 44.7. The maximum absolute atomic E-state index is 13.9. The van der Waals surface area contributed by atoms with Gasteiger partial charge in [0.1, 0.15) is 29.6 Å². The number of carbonyl (C=O) groups excluding carboxylic acids is 2. The standard InChI is InChI=1S/C27H30F2N2O6/c28-17-1-3-22(29)16(9-17)13-30-25(33)12-19-11-21-20-10-18(31-27(34)15-5-7-35-8-6-15)2-4-23(20)37-26(21)24(14-32)36-19/h1-4,9-10,15,19,21,24,26,32H,5-8,11-14H2,(H,30,33)(H,31,34)/t19-,21-,24+,26+/m1/s1. The molecule has 2 aromatic carbocycles. The molecule has 4 atom stereocenters. The Bertz CT molecular complexity index is 1160. The van der Waals surface area contributed by atoms with E-state index in [1.165, 1.54) is 0 Å². The molecule has 3 aliphatic heterocycles. The summed E-state index contributed by atoms with van der Waals surface area (Å²) in [7, 11) is 0. The van der Waals surface area contributed by atoms with Crippen molar-refractivity contribution < 1.29 is 37.7 Å². The average molecular weight is 517 g/mol. The van der Waals surface area contributed by atoms with Crippen LogP contribution in [-0.4, -0.2) is 55.1 Å². The fraction of sp³-hybridized carbons (Fsp3) is 0.481. The minimum atomic E-state index is -0.634. The lowest BCUT2D eigenvalue weighted by molar-refractivity contribution is -0.142. The molecule has 2 saturated heterocycles. The number of aliphatic hydroxyl groups is 1. The molecule has 3 N–H and O–H groups in total. The Hall–Kier alpha value is -3.08. The van der Waals surface area contributed by atoms with E-state index in [9.17, 15) is 23.5 Å². The number of nitrogens with one attached hydrogen (secondary N) is 2. The molecule has 2 aromatic rings. The molecule has 0 aromatic heterocycles. The molecule has 0 unspecified atom stereocenters. The van der Waals surface area contributed by atoms with Gasteiger partial charge in [0.05, 0.1) is 19.1 Å². The number of rotatable bonds is 7. The largest absolute Gasteiger partial charge is 0.487 e. The second-order valence-electron chi connectivity index (χ2n) is 9.75. The van der Waals surface area contributed by atoms with Gasteiger partial charge in [0, 0.05) is 48.4 Å². The van der Waals surface area contributed by atoms with Crippen LogP contribution in [0.5, 0.6) is 5.75 Å². The van der Waals surface area contributed by atoms with E-state index in [2.05, 4.69) is 10.6 Å². The lowest BCUT2D eigenvalue weighted by atomic mass is 9.84. The van der Waals surface area contributed by atoms with Gasteiger partial charge in [0.15, 0.2) is 0 Å². The predicted molar refractivity (Wildman–Crippen MR) is 129 cm³/mol. The summed E-state index contributed by atoms with van der Waals surface area (Å²) >= 11 is 0. The van der Waals surface area contributed by atoms with Gasteiger partial charge in [-0.3, -0.25) is 9.59 Å². The van der Waals surface area contributed by atoms with Gasteiger partial charge in [-0.1, -0.05) is 0 Å². The van der Waals surface area contributed by atoms with Crippen LogP contribution in [0.15, 0.2) is 36.4 Å². The van der Waals surface area contributed by atoms with Gasteiger partial charge in [-0.15, -0.1) is 0 Å². The van der Waals surface area contributed by atoms with E-state index >= 15 is 0 Å². The lowest BCUT2D eigenvalue weighted by Crippen LogP contribution is -2.47. The lowest BCUT2D eigenvalue weighted by Gasteiger charge is -2.37. The van der Waals surface area contributed by atoms with Crippen molar-refractivity contribution in [2.75, 3.05) is 25.1 Å². The summed E-state index contributed by atoms with van der Waals surface area (Å²) in [5, 5.41) is 15.6. The third-order valence-corrected chi connectivity index (χ3v) is 7.26. The Morgan fingerprint density at radius 2 is 1.89 bits per heavy atom. The van der Waals surface area contributed by atoms with Crippen molar-refractivity contribution in [1.82, 2.24) is 5.32 Å². The normalized spacial score (nSPS) is 25.1. The van der Waals surface area contributed by atoms with E-state index in [-0.39, 0.29) is 48.8 Å². The summed E-state index contributed by atoms with van der Waals surface area (Å²) in [4.78, 5) is 25.3. The van der Waals surface area contributed by atoms with Crippen molar-refractivity contribution >= 4 is 17.5 Å². The van der Waals surface area contributed by atoms with E-state index in [1.807, 2.05) is 6.07 Å². The monoisotopic (exact) mass is 516 g/mol. The third kappa shape index (κ3) is 5.76. The van der Waals surface area contributed by atoms with Crippen LogP contribution in [0.2, 0.25) is 0 Å². The van der Waals surface area contributed by atoms with Crippen LogP contribution in [0.4, 0.5) is 14.5 Å². The first kappa shape index (κ1) is 25.6. The molecular formula is C27H30F2N2O6. The molecule has 3 heterocycles. The van der Waals surface area contributed by atoms with Crippen LogP contribution in [0, 0.1) is 17.6 Å².